The van der Waals surface area contributed by atoms with Gasteiger partial charge in [-0.3, -0.25) is 6.08 Å². The van der Waals surface area contributed by atoms with Crippen LogP contribution in [0.15, 0.2) is 77.9 Å². The first-order valence-electron chi connectivity index (χ1n) is 9.91. The van der Waals surface area contributed by atoms with Gasteiger partial charge in [0.05, 0.1) is 5.52 Å². The van der Waals surface area contributed by atoms with E-state index in [0.717, 1.165) is 6.42 Å². The molecule has 1 aromatic heterocycles. The zero-order chi connectivity index (χ0) is 21.0. The summed E-state index contributed by atoms with van der Waals surface area (Å²) in [4.78, 5) is 0. The van der Waals surface area contributed by atoms with Gasteiger partial charge in [0.2, 0.25) is 0 Å². The van der Waals surface area contributed by atoms with Crippen LogP contribution in [0.3, 0.4) is 0 Å². The van der Waals surface area contributed by atoms with Crippen LogP contribution in [0.1, 0.15) is 31.5 Å². The molecule has 1 aliphatic rings. The quantitative estimate of drug-likeness (QED) is 0.187. The average molecular weight is 493 g/mol. The molecule has 0 saturated heterocycles. The molecular weight excluding hydrogens is 465 g/mol. The third-order valence-electron chi connectivity index (χ3n) is 5.66. The topological polar surface area (TPSA) is 4.93 Å². The van der Waals surface area contributed by atoms with Gasteiger partial charge in [0, 0.05) is 17.5 Å². The van der Waals surface area contributed by atoms with Crippen molar-refractivity contribution in [3.8, 4) is 5.69 Å². The SMILES string of the molecule is CC1=[C-]CC=C1C.CCl.Cc1c(C)n(-c2cc3ccccc3[cH-]2)c2ccccc12.[Zr+2]. The van der Waals surface area contributed by atoms with Crippen molar-refractivity contribution < 1.29 is 26.2 Å². The molecule has 0 spiro atoms. The Morgan fingerprint density at radius 2 is 1.60 bits per heavy atom. The van der Waals surface area contributed by atoms with Crippen LogP contribution in [0, 0.1) is 19.9 Å². The minimum absolute atomic E-state index is 0. The largest absolute Gasteiger partial charge is 2.00 e. The molecule has 5 rings (SSSR count). The van der Waals surface area contributed by atoms with Gasteiger partial charge in [0.1, 0.15) is 0 Å². The second-order valence-electron chi connectivity index (χ2n) is 7.30. The number of aromatic nitrogens is 1. The second-order valence-corrected chi connectivity index (χ2v) is 7.30. The number of hydrogen-bond donors (Lipinski definition) is 0. The van der Waals surface area contributed by atoms with E-state index >= 15 is 0 Å². The molecule has 0 aliphatic heterocycles. The molecule has 0 amide bonds. The predicted octanol–water partition coefficient (Wildman–Crippen LogP) is 8.06. The van der Waals surface area contributed by atoms with Crippen LogP contribution in [0.2, 0.25) is 0 Å². The number of aryl methyl sites for hydroxylation is 1. The van der Waals surface area contributed by atoms with Crippen LogP contribution >= 0.6 is 11.6 Å². The van der Waals surface area contributed by atoms with Gasteiger partial charge in [-0.05, 0) is 31.2 Å². The molecule has 1 aliphatic carbocycles. The standard InChI is InChI=1S/C19H16N.C7H9.CH3Cl.Zr/c1-13-14(2)20(19-10-6-5-9-18(13)19)17-11-15-7-3-4-8-16(15)12-17;1-6-4-3-5-7(6)2;1-2;/h3-12H,1-2H3;4H,3H2,1-2H3;1H3;/q2*-1;;+2. The minimum Gasteiger partial charge on any atom is -0.332 e. The molecule has 0 unspecified atom stereocenters. The number of para-hydroxylation sites is 1. The van der Waals surface area contributed by atoms with Crippen molar-refractivity contribution in [2.24, 2.45) is 0 Å². The monoisotopic (exact) mass is 491 g/mol. The summed E-state index contributed by atoms with van der Waals surface area (Å²) in [5.74, 6) is 0. The smallest absolute Gasteiger partial charge is 0.332 e. The Hall–Kier alpha value is -1.76. The molecule has 0 bridgehead atoms. The Balaban J connectivity index is 0.000000273. The molecule has 30 heavy (non-hydrogen) atoms. The van der Waals surface area contributed by atoms with Gasteiger partial charge in [0.15, 0.2) is 0 Å². The molecule has 0 radical (unpaired) electrons. The van der Waals surface area contributed by atoms with Crippen molar-refractivity contribution in [2.45, 2.75) is 34.1 Å². The van der Waals surface area contributed by atoms with E-state index in [2.05, 4.69) is 117 Å². The zero-order valence-corrected chi connectivity index (χ0v) is 21.6. The van der Waals surface area contributed by atoms with Gasteiger partial charge in [-0.15, -0.1) is 66.0 Å². The van der Waals surface area contributed by atoms with Crippen LogP contribution in [0.25, 0.3) is 27.4 Å². The third kappa shape index (κ3) is 4.93. The van der Waals surface area contributed by atoms with Crippen LogP contribution < -0.4 is 0 Å². The molecule has 1 heterocycles. The van der Waals surface area contributed by atoms with Crippen LogP contribution in [-0.2, 0) is 26.2 Å². The first-order chi connectivity index (χ1) is 14.1. The predicted molar refractivity (Wildman–Crippen MR) is 128 cm³/mol. The Morgan fingerprint density at radius 3 is 2.20 bits per heavy atom. The number of rotatable bonds is 1. The molecular formula is C27H28ClNZr. The van der Waals surface area contributed by atoms with Crippen molar-refractivity contribution in [3.05, 3.63) is 95.2 Å². The summed E-state index contributed by atoms with van der Waals surface area (Å²) in [6.45, 7) is 8.62. The van der Waals surface area contributed by atoms with Crippen molar-refractivity contribution >= 4 is 33.3 Å². The van der Waals surface area contributed by atoms with E-state index in [0.29, 0.717) is 0 Å². The van der Waals surface area contributed by atoms with Gasteiger partial charge in [0.25, 0.3) is 0 Å². The summed E-state index contributed by atoms with van der Waals surface area (Å²) in [7, 11) is 0. The summed E-state index contributed by atoms with van der Waals surface area (Å²) < 4.78 is 2.37. The second kappa shape index (κ2) is 11.0. The Bertz CT molecular complexity index is 1140. The third-order valence-corrected chi connectivity index (χ3v) is 5.66. The van der Waals surface area contributed by atoms with Crippen molar-refractivity contribution in [3.63, 3.8) is 0 Å². The van der Waals surface area contributed by atoms with Crippen molar-refractivity contribution in [1.29, 1.82) is 0 Å². The van der Waals surface area contributed by atoms with E-state index in [1.54, 1.807) is 0 Å². The van der Waals surface area contributed by atoms with E-state index in [4.69, 9.17) is 0 Å². The van der Waals surface area contributed by atoms with Gasteiger partial charge in [-0.1, -0.05) is 31.2 Å². The fraction of sp³-hybridized carbons (Fsp3) is 0.222. The van der Waals surface area contributed by atoms with Crippen molar-refractivity contribution in [1.82, 2.24) is 4.57 Å². The number of nitrogens with zero attached hydrogens (tertiary/aromatic N) is 1. The number of fused-ring (bicyclic) bond motifs is 2. The summed E-state index contributed by atoms with van der Waals surface area (Å²) in [6.07, 6.45) is 7.88. The van der Waals surface area contributed by atoms with E-state index in [1.165, 1.54) is 56.1 Å². The van der Waals surface area contributed by atoms with E-state index in [1.807, 2.05) is 0 Å². The first kappa shape index (κ1) is 24.5. The Kier molecular flexibility index (Phi) is 9.01. The molecule has 0 saturated carbocycles. The zero-order valence-electron chi connectivity index (χ0n) is 18.4. The number of hydrogen-bond acceptors (Lipinski definition) is 0. The maximum absolute atomic E-state index is 4.64. The van der Waals surface area contributed by atoms with Crippen molar-refractivity contribution in [2.75, 3.05) is 6.38 Å². The fourth-order valence-electron chi connectivity index (χ4n) is 3.77. The van der Waals surface area contributed by atoms with Crippen LogP contribution in [0.4, 0.5) is 0 Å². The van der Waals surface area contributed by atoms with Gasteiger partial charge in [-0.2, -0.15) is 6.08 Å². The molecule has 0 fully saturated rings. The van der Waals surface area contributed by atoms with Crippen LogP contribution in [-0.4, -0.2) is 11.0 Å². The summed E-state index contributed by atoms with van der Waals surface area (Å²) in [6, 6.07) is 21.7. The number of halogens is 1. The molecule has 1 nitrogen and oxygen atoms in total. The maximum atomic E-state index is 4.64. The maximum Gasteiger partial charge on any atom is 2.00 e. The van der Waals surface area contributed by atoms with Gasteiger partial charge in [-0.25, -0.2) is 11.1 Å². The number of allylic oxidation sites excluding steroid dienone is 4. The Labute approximate surface area is 204 Å². The van der Waals surface area contributed by atoms with Crippen LogP contribution in [0.5, 0.6) is 0 Å². The van der Waals surface area contributed by atoms with Gasteiger partial charge >= 0.3 is 26.2 Å². The fourth-order valence-corrected chi connectivity index (χ4v) is 3.77. The Morgan fingerprint density at radius 1 is 0.933 bits per heavy atom. The van der Waals surface area contributed by atoms with E-state index in [9.17, 15) is 0 Å². The molecule has 4 aromatic rings. The summed E-state index contributed by atoms with van der Waals surface area (Å²) in [5.41, 5.74) is 7.94. The minimum atomic E-state index is 0. The summed E-state index contributed by atoms with van der Waals surface area (Å²) >= 11 is 4.64. The van der Waals surface area contributed by atoms with E-state index in [-0.39, 0.29) is 26.2 Å². The first-order valence-corrected chi connectivity index (χ1v) is 10.7. The molecule has 0 N–H and O–H groups in total. The average Bonchev–Trinajstić information content (AvgIpc) is 3.41. The molecule has 152 valence electrons. The summed E-state index contributed by atoms with van der Waals surface area (Å²) in [5, 5.41) is 3.95. The molecule has 3 heteroatoms. The van der Waals surface area contributed by atoms with Gasteiger partial charge < -0.3 is 4.57 Å². The van der Waals surface area contributed by atoms with E-state index < -0.39 is 0 Å². The normalized spacial score (nSPS) is 12.3. The number of benzene rings is 2. The number of alkyl halides is 1. The molecule has 0 atom stereocenters. The molecule has 3 aromatic carbocycles.